The molecule has 1 aromatic rings. The Morgan fingerprint density at radius 3 is 2.58 bits per heavy atom. The van der Waals surface area contributed by atoms with Gasteiger partial charge in [0.25, 0.3) is 0 Å². The van der Waals surface area contributed by atoms with E-state index in [0.717, 1.165) is 38.3 Å². The van der Waals surface area contributed by atoms with Crippen LogP contribution in [-0.2, 0) is 9.31 Å². The second-order valence-electron chi connectivity index (χ2n) is 4.59. The van der Waals surface area contributed by atoms with Crippen molar-refractivity contribution in [2.75, 3.05) is 32.8 Å². The number of hydrogen-bond donors (Lipinski definition) is 0. The van der Waals surface area contributed by atoms with Gasteiger partial charge in [-0.15, -0.1) is 5.46 Å². The third kappa shape index (κ3) is 5.73. The zero-order valence-corrected chi connectivity index (χ0v) is 12.1. The second kappa shape index (κ2) is 9.63. The first-order valence-electron chi connectivity index (χ1n) is 6.82. The van der Waals surface area contributed by atoms with Crippen LogP contribution in [0.2, 0.25) is 0 Å². The Kier molecular flexibility index (Phi) is 8.53. The Balaban J connectivity index is 0.00000180. The molecule has 0 aliphatic carbocycles. The van der Waals surface area contributed by atoms with E-state index < -0.39 is 0 Å². The molecule has 2 rings (SSSR count). The predicted molar refractivity (Wildman–Crippen MR) is 73.9 cm³/mol. The van der Waals surface area contributed by atoms with Crippen molar-refractivity contribution in [3.8, 4) is 0 Å². The smallest absolute Gasteiger partial charge is 0.407 e. The molecule has 0 saturated carbocycles. The molecule has 0 atom stereocenters. The van der Waals surface area contributed by atoms with Gasteiger partial charge in [-0.1, -0.05) is 13.3 Å². The average Bonchev–Trinajstić information content (AvgIpc) is 2.39. The summed E-state index contributed by atoms with van der Waals surface area (Å²) in [5.74, 6) is 0. The van der Waals surface area contributed by atoms with Crippen molar-refractivity contribution in [1.82, 2.24) is 4.90 Å². The van der Waals surface area contributed by atoms with Gasteiger partial charge in [0.05, 0.1) is 0 Å². The van der Waals surface area contributed by atoms with Gasteiger partial charge in [0.1, 0.15) is 0 Å². The van der Waals surface area contributed by atoms with E-state index in [0.29, 0.717) is 0 Å². The Bertz CT molecular complexity index is 329. The van der Waals surface area contributed by atoms with Crippen LogP contribution < -0.4 is 24.3 Å². The van der Waals surface area contributed by atoms with Crippen molar-refractivity contribution < 1.29 is 28.2 Å². The topological polar surface area (TPSA) is 21.7 Å². The van der Waals surface area contributed by atoms with Gasteiger partial charge in [0.15, 0.2) is 0 Å². The largest absolute Gasteiger partial charge is 1.00 e. The van der Waals surface area contributed by atoms with Crippen LogP contribution in [0.25, 0.3) is 0 Å². The summed E-state index contributed by atoms with van der Waals surface area (Å²) >= 11 is 0. The first-order valence-corrected chi connectivity index (χ1v) is 6.82. The predicted octanol–water partition coefficient (Wildman–Crippen LogP) is -1.67. The van der Waals surface area contributed by atoms with Gasteiger partial charge < -0.3 is 9.31 Å². The van der Waals surface area contributed by atoms with Crippen LogP contribution in [0, 0.1) is 6.07 Å². The van der Waals surface area contributed by atoms with Crippen molar-refractivity contribution in [2.45, 2.75) is 19.8 Å². The van der Waals surface area contributed by atoms with Crippen molar-refractivity contribution in [2.24, 2.45) is 0 Å². The number of hydrogen-bond acceptors (Lipinski definition) is 3. The molecule has 0 N–H and O–H groups in total. The Morgan fingerprint density at radius 2 is 2.00 bits per heavy atom. The molecule has 0 unspecified atom stereocenters. The minimum atomic E-state index is -0.250. The fourth-order valence-corrected chi connectivity index (χ4v) is 2.08. The van der Waals surface area contributed by atoms with E-state index >= 15 is 0 Å². The summed E-state index contributed by atoms with van der Waals surface area (Å²) in [7, 11) is -0.250. The molecule has 98 valence electrons. The quantitative estimate of drug-likeness (QED) is 0.473. The molecule has 1 fully saturated rings. The van der Waals surface area contributed by atoms with Gasteiger partial charge >= 0.3 is 26.0 Å². The summed E-state index contributed by atoms with van der Waals surface area (Å²) in [5.41, 5.74) is 0.986. The summed E-state index contributed by atoms with van der Waals surface area (Å²) < 4.78 is 11.6. The second-order valence-corrected chi connectivity index (χ2v) is 4.59. The van der Waals surface area contributed by atoms with Gasteiger partial charge in [0.2, 0.25) is 0 Å². The minimum absolute atomic E-state index is 0. The van der Waals surface area contributed by atoms with Crippen LogP contribution in [0.3, 0.4) is 0 Å². The van der Waals surface area contributed by atoms with E-state index in [2.05, 4.69) is 17.9 Å². The molecule has 3 nitrogen and oxygen atoms in total. The molecule has 1 aromatic carbocycles. The monoisotopic (exact) mass is 253 g/mol. The van der Waals surface area contributed by atoms with Gasteiger partial charge in [0, 0.05) is 26.3 Å². The van der Waals surface area contributed by atoms with Crippen molar-refractivity contribution >= 4 is 12.6 Å². The molecule has 0 spiro atoms. The van der Waals surface area contributed by atoms with Gasteiger partial charge in [-0.25, -0.2) is 0 Å². The van der Waals surface area contributed by atoms with E-state index in [4.69, 9.17) is 9.31 Å². The van der Waals surface area contributed by atoms with E-state index in [1.807, 2.05) is 24.3 Å². The van der Waals surface area contributed by atoms with Crippen LogP contribution in [0.15, 0.2) is 24.3 Å². The van der Waals surface area contributed by atoms with Gasteiger partial charge in [-0.3, -0.25) is 4.90 Å². The molecule has 1 heterocycles. The average molecular weight is 253 g/mol. The van der Waals surface area contributed by atoms with E-state index in [1.54, 1.807) is 0 Å². The Labute approximate surface area is 129 Å². The third-order valence-corrected chi connectivity index (χ3v) is 3.17. The maximum Gasteiger partial charge on any atom is 1.00 e. The van der Waals surface area contributed by atoms with Crippen LogP contribution in [0.5, 0.6) is 0 Å². The van der Waals surface area contributed by atoms with Crippen LogP contribution in [0.4, 0.5) is 0 Å². The standard InChI is InChI=1S/C14H21BNO2.Li/c1-2-3-9-16-10-12-17-15(18-13-11-16)14-7-5-4-6-8-14;/h4-7H,2-3,9-13H2,1H3;/q-1;+1. The normalized spacial score (nSPS) is 17.4. The molecule has 0 radical (unpaired) electrons. The Morgan fingerprint density at radius 1 is 1.26 bits per heavy atom. The van der Waals surface area contributed by atoms with Crippen molar-refractivity contribution in [3.05, 3.63) is 30.3 Å². The molecule has 19 heavy (non-hydrogen) atoms. The van der Waals surface area contributed by atoms with Crippen molar-refractivity contribution in [3.63, 3.8) is 0 Å². The van der Waals surface area contributed by atoms with Gasteiger partial charge in [-0.2, -0.15) is 30.3 Å². The summed E-state index contributed by atoms with van der Waals surface area (Å²) in [6, 6.07) is 11.0. The molecule has 1 aliphatic heterocycles. The number of nitrogens with zero attached hydrogens (tertiary/aromatic N) is 1. The molecule has 0 amide bonds. The zero-order valence-electron chi connectivity index (χ0n) is 12.1. The molecular weight excluding hydrogens is 232 g/mol. The fraction of sp³-hybridized carbons (Fsp3) is 0.571. The fourth-order valence-electron chi connectivity index (χ4n) is 2.08. The van der Waals surface area contributed by atoms with Gasteiger partial charge in [-0.05, 0) is 13.0 Å². The zero-order chi connectivity index (χ0) is 12.6. The summed E-state index contributed by atoms with van der Waals surface area (Å²) in [6.07, 6.45) is 2.48. The molecule has 1 aliphatic rings. The summed E-state index contributed by atoms with van der Waals surface area (Å²) in [4.78, 5) is 2.41. The number of rotatable bonds is 4. The van der Waals surface area contributed by atoms with Crippen LogP contribution >= 0.6 is 0 Å². The number of unbranched alkanes of at least 4 members (excludes halogenated alkanes) is 1. The molecule has 1 saturated heterocycles. The van der Waals surface area contributed by atoms with Crippen LogP contribution in [-0.4, -0.2) is 44.9 Å². The molecule has 0 aromatic heterocycles. The van der Waals surface area contributed by atoms with Crippen LogP contribution in [0.1, 0.15) is 19.8 Å². The summed E-state index contributed by atoms with van der Waals surface area (Å²) in [6.45, 7) is 6.79. The first-order chi connectivity index (χ1) is 8.90. The van der Waals surface area contributed by atoms with E-state index in [-0.39, 0.29) is 26.0 Å². The minimum Gasteiger partial charge on any atom is -0.407 e. The van der Waals surface area contributed by atoms with Crippen molar-refractivity contribution in [1.29, 1.82) is 0 Å². The maximum absolute atomic E-state index is 5.78. The first kappa shape index (κ1) is 16.8. The summed E-state index contributed by atoms with van der Waals surface area (Å²) in [5, 5.41) is 0. The third-order valence-electron chi connectivity index (χ3n) is 3.17. The Hall–Kier alpha value is -0.238. The maximum atomic E-state index is 5.78. The SMILES string of the molecule is CCCCN1CCOB(c2[c-]cccc2)OCC1.[Li+]. The molecule has 5 heteroatoms. The van der Waals surface area contributed by atoms with E-state index in [1.165, 1.54) is 12.8 Å². The number of benzene rings is 1. The molecule has 0 bridgehead atoms. The molecular formula is C14H21BLiNO2. The van der Waals surface area contributed by atoms with E-state index in [9.17, 15) is 0 Å².